The van der Waals surface area contributed by atoms with E-state index in [0.29, 0.717) is 19.0 Å². The summed E-state index contributed by atoms with van der Waals surface area (Å²) >= 11 is 0. The van der Waals surface area contributed by atoms with E-state index >= 15 is 0 Å². The predicted octanol–water partition coefficient (Wildman–Crippen LogP) is 2.49. The molecule has 8 nitrogen and oxygen atoms in total. The molecule has 27 heavy (non-hydrogen) atoms. The van der Waals surface area contributed by atoms with Crippen LogP contribution in [0.25, 0.3) is 0 Å². The average molecular weight is 454 g/mol. The van der Waals surface area contributed by atoms with Gasteiger partial charge in [0.1, 0.15) is 0 Å². The van der Waals surface area contributed by atoms with Gasteiger partial charge in [-0.25, -0.2) is 4.79 Å². The van der Waals surface area contributed by atoms with Crippen LogP contribution in [0.4, 0.5) is 0 Å². The Morgan fingerprint density at radius 2 is 1.48 bits per heavy atom. The largest absolute Gasteiger partial charge is 0.478 e. The summed E-state index contributed by atoms with van der Waals surface area (Å²) in [6.45, 7) is 15.9. The third kappa shape index (κ3) is 15.0. The van der Waals surface area contributed by atoms with Crippen molar-refractivity contribution in [2.24, 2.45) is 0 Å². The number of carbonyl (C=O) groups excluding carboxylic acids is 1. The number of hydrogen-bond acceptors (Lipinski definition) is 6. The molecule has 0 heterocycles. The van der Waals surface area contributed by atoms with E-state index in [2.05, 4.69) is 25.0 Å². The molecule has 1 atom stereocenters. The molecule has 0 saturated heterocycles. The number of nitrogens with one attached hydrogen (secondary N) is 1. The van der Waals surface area contributed by atoms with Gasteiger partial charge in [0, 0.05) is 18.7 Å². The molecule has 0 saturated carbocycles. The topological polar surface area (TPSA) is 114 Å². The molecule has 158 valence electrons. The Hall–Kier alpha value is -0.612. The van der Waals surface area contributed by atoms with Crippen molar-refractivity contribution in [3.8, 4) is 0 Å². The summed E-state index contributed by atoms with van der Waals surface area (Å²) in [5, 5.41) is 11.2. The first-order valence-corrected chi connectivity index (χ1v) is 20.6. The summed E-state index contributed by atoms with van der Waals surface area (Å²) in [5.41, 5.74) is 0. The molecule has 1 amide bonds. The van der Waals surface area contributed by atoms with E-state index in [1.165, 1.54) is 0 Å². The van der Waals surface area contributed by atoms with Crippen LogP contribution in [-0.4, -0.2) is 62.3 Å². The van der Waals surface area contributed by atoms with Crippen LogP contribution in [0.3, 0.4) is 0 Å². The molecule has 0 aromatic rings. The normalized spacial score (nSPS) is 15.6. The van der Waals surface area contributed by atoms with E-state index in [-0.39, 0.29) is 0 Å². The third-order valence-corrected chi connectivity index (χ3v) is 16.1. The maximum Gasteiger partial charge on any atom is 0.328 e. The number of aliphatic carboxylic acids is 1. The predicted molar refractivity (Wildman–Crippen MR) is 115 cm³/mol. The molecule has 0 radical (unpaired) electrons. The summed E-state index contributed by atoms with van der Waals surface area (Å²) < 4.78 is 18.7. The van der Waals surface area contributed by atoms with Gasteiger partial charge in [-0.3, -0.25) is 4.79 Å². The van der Waals surface area contributed by atoms with Crippen molar-refractivity contribution in [1.29, 1.82) is 0 Å². The monoisotopic (exact) mass is 453 g/mol. The summed E-state index contributed by atoms with van der Waals surface area (Å²) in [6, 6.07) is 0.660. The molecule has 0 spiro atoms. The first-order chi connectivity index (χ1) is 11.9. The van der Waals surface area contributed by atoms with Gasteiger partial charge in [-0.15, -0.1) is 0 Å². The van der Waals surface area contributed by atoms with Crippen LogP contribution < -0.4 is 5.32 Å². The summed E-state index contributed by atoms with van der Waals surface area (Å²) in [7, 11) is -9.75. The highest BCUT2D eigenvalue weighted by atomic mass is 28.5. The van der Waals surface area contributed by atoms with Gasteiger partial charge in [-0.05, 0) is 64.8 Å². The van der Waals surface area contributed by atoms with Crippen LogP contribution in [0.5, 0.6) is 0 Å². The standard InChI is InChI=1S/C15H35NO7Si4/c1-24(2,3)21-27(8,23-26(6,7)22-25(4,5)20)13-9-12-16-14(17)10-11-15(18)19/h10-11,20H,9,12-13H2,1-8H3,(H,16,17)(H,18,19)/b11-10-. The first kappa shape index (κ1) is 26.4. The van der Waals surface area contributed by atoms with E-state index in [1.54, 1.807) is 13.1 Å². The fourth-order valence-electron chi connectivity index (χ4n) is 2.74. The molecule has 3 N–H and O–H groups in total. The van der Waals surface area contributed by atoms with Crippen molar-refractivity contribution in [3.05, 3.63) is 12.2 Å². The van der Waals surface area contributed by atoms with Gasteiger partial charge in [0.25, 0.3) is 0 Å². The lowest BCUT2D eigenvalue weighted by molar-refractivity contribution is -0.131. The quantitative estimate of drug-likeness (QED) is 0.236. The molecule has 1 unspecified atom stereocenters. The minimum Gasteiger partial charge on any atom is -0.478 e. The highest BCUT2D eigenvalue weighted by Gasteiger charge is 2.44. The Bertz CT molecular complexity index is 543. The summed E-state index contributed by atoms with van der Waals surface area (Å²) in [5.74, 6) is -1.61. The molecule has 0 aromatic heterocycles. The number of hydrogen-bond donors (Lipinski definition) is 3. The fraction of sp³-hybridized carbons (Fsp3) is 0.733. The second-order valence-corrected chi connectivity index (χ2v) is 23.6. The van der Waals surface area contributed by atoms with Gasteiger partial charge in [0.15, 0.2) is 8.32 Å². The molecule has 0 bridgehead atoms. The van der Waals surface area contributed by atoms with Crippen LogP contribution in [0, 0.1) is 0 Å². The first-order valence-electron chi connectivity index (χ1n) is 8.95. The van der Waals surface area contributed by atoms with Crippen LogP contribution >= 0.6 is 0 Å². The number of carbonyl (C=O) groups is 2. The van der Waals surface area contributed by atoms with Gasteiger partial charge >= 0.3 is 31.7 Å². The molecule has 12 heteroatoms. The molecular weight excluding hydrogens is 419 g/mol. The van der Waals surface area contributed by atoms with Crippen LogP contribution in [0.15, 0.2) is 12.2 Å². The average Bonchev–Trinajstić information content (AvgIpc) is 2.35. The lowest BCUT2D eigenvalue weighted by Crippen LogP contribution is -2.57. The zero-order valence-corrected chi connectivity index (χ0v) is 21.7. The van der Waals surface area contributed by atoms with Gasteiger partial charge in [0.05, 0.1) is 0 Å². The maximum absolute atomic E-state index is 11.5. The molecule has 0 aliphatic rings. The van der Waals surface area contributed by atoms with Crippen molar-refractivity contribution >= 4 is 45.9 Å². The van der Waals surface area contributed by atoms with E-state index in [0.717, 1.165) is 12.2 Å². The minimum atomic E-state index is -2.72. The van der Waals surface area contributed by atoms with E-state index in [9.17, 15) is 14.4 Å². The number of amides is 1. The maximum atomic E-state index is 11.5. The van der Waals surface area contributed by atoms with Gasteiger partial charge in [-0.1, -0.05) is 0 Å². The number of carboxylic acids is 1. The lowest BCUT2D eigenvalue weighted by atomic mass is 10.4. The van der Waals surface area contributed by atoms with E-state index < -0.39 is 45.9 Å². The highest BCUT2D eigenvalue weighted by molar-refractivity contribution is 6.88. The zero-order valence-electron chi connectivity index (χ0n) is 17.7. The van der Waals surface area contributed by atoms with E-state index in [4.69, 9.17) is 17.5 Å². The number of carboxylic acid groups (broad SMARTS) is 1. The minimum absolute atomic E-state index is 0.396. The van der Waals surface area contributed by atoms with E-state index in [1.807, 2.05) is 19.6 Å². The Labute approximate surface area is 166 Å². The second kappa shape index (κ2) is 10.2. The Morgan fingerprint density at radius 1 is 0.926 bits per heavy atom. The Kier molecular flexibility index (Phi) is 10.0. The molecule has 0 aliphatic carbocycles. The van der Waals surface area contributed by atoms with Crippen molar-refractivity contribution in [3.63, 3.8) is 0 Å². The molecule has 0 fully saturated rings. The Balaban J connectivity index is 4.89. The van der Waals surface area contributed by atoms with Crippen LogP contribution in [-0.2, 0) is 21.9 Å². The van der Waals surface area contributed by atoms with Crippen LogP contribution in [0.1, 0.15) is 6.42 Å². The summed E-state index contributed by atoms with van der Waals surface area (Å²) in [6.07, 6.45) is 2.44. The van der Waals surface area contributed by atoms with Crippen molar-refractivity contribution in [1.82, 2.24) is 5.32 Å². The molecule has 0 rings (SSSR count). The summed E-state index contributed by atoms with van der Waals surface area (Å²) in [4.78, 5) is 32.1. The van der Waals surface area contributed by atoms with Gasteiger partial charge in [-0.2, -0.15) is 0 Å². The van der Waals surface area contributed by atoms with Crippen LogP contribution in [0.2, 0.25) is 58.4 Å². The molecule has 0 aliphatic heterocycles. The fourth-order valence-corrected chi connectivity index (χ4v) is 19.6. The smallest absolute Gasteiger partial charge is 0.328 e. The van der Waals surface area contributed by atoms with Gasteiger partial charge in [0.2, 0.25) is 5.91 Å². The van der Waals surface area contributed by atoms with Crippen molar-refractivity contribution in [2.75, 3.05) is 6.54 Å². The van der Waals surface area contributed by atoms with Gasteiger partial charge < -0.3 is 27.6 Å². The SMILES string of the molecule is C[Si](C)(C)O[Si](C)(CCCNC(=O)/C=C\C(=O)O)O[Si](C)(C)O[Si](C)(C)O. The Morgan fingerprint density at radius 3 is 1.93 bits per heavy atom. The van der Waals surface area contributed by atoms with Crippen molar-refractivity contribution in [2.45, 2.75) is 64.8 Å². The van der Waals surface area contributed by atoms with Crippen molar-refractivity contribution < 1.29 is 31.8 Å². The third-order valence-electron chi connectivity index (χ3n) is 2.96. The second-order valence-electron chi connectivity index (χ2n) is 8.47. The lowest BCUT2D eigenvalue weighted by Gasteiger charge is -2.40. The molecular formula is C15H35NO7Si4. The highest BCUT2D eigenvalue weighted by Crippen LogP contribution is 2.27. The number of rotatable bonds is 12. The zero-order chi connectivity index (χ0) is 21.5. The molecule has 0 aromatic carbocycles.